The van der Waals surface area contributed by atoms with Crippen molar-refractivity contribution in [1.29, 1.82) is 0 Å². The van der Waals surface area contributed by atoms with Crippen LogP contribution >= 0.6 is 0 Å². The standard InChI is InChI=1S/C20H29N3O2/c1-16-7-5-6-10-18(16)21-19(24)15-22-11-13-23(14-12-22)20(25)17-8-3-2-4-9-17/h2-4,8-9,16,18H,5-7,10-15H2,1H3,(H,21,24)/p+1/t16-,18+/m1/s1. The molecule has 1 saturated heterocycles. The van der Waals surface area contributed by atoms with Crippen LogP contribution in [0.25, 0.3) is 0 Å². The van der Waals surface area contributed by atoms with Gasteiger partial charge in [-0.05, 0) is 30.9 Å². The van der Waals surface area contributed by atoms with E-state index in [2.05, 4.69) is 12.2 Å². The van der Waals surface area contributed by atoms with Gasteiger partial charge in [-0.3, -0.25) is 9.59 Å². The van der Waals surface area contributed by atoms with Crippen LogP contribution in [0.15, 0.2) is 30.3 Å². The number of carbonyl (C=O) groups is 2. The van der Waals surface area contributed by atoms with Crippen molar-refractivity contribution in [2.75, 3.05) is 32.7 Å². The summed E-state index contributed by atoms with van der Waals surface area (Å²) in [5, 5.41) is 3.24. The van der Waals surface area contributed by atoms with E-state index in [4.69, 9.17) is 0 Å². The summed E-state index contributed by atoms with van der Waals surface area (Å²) in [5.41, 5.74) is 0.745. The highest BCUT2D eigenvalue weighted by Gasteiger charge is 2.28. The minimum atomic E-state index is 0.0973. The summed E-state index contributed by atoms with van der Waals surface area (Å²) in [6, 6.07) is 9.78. The van der Waals surface area contributed by atoms with E-state index in [1.165, 1.54) is 24.2 Å². The first-order valence-electron chi connectivity index (χ1n) is 9.61. The van der Waals surface area contributed by atoms with Crippen molar-refractivity contribution in [1.82, 2.24) is 10.2 Å². The molecular formula is C20H30N3O2+. The van der Waals surface area contributed by atoms with Gasteiger partial charge in [0.15, 0.2) is 6.54 Å². The second-order valence-corrected chi connectivity index (χ2v) is 7.52. The molecule has 5 heteroatoms. The van der Waals surface area contributed by atoms with Gasteiger partial charge in [-0.25, -0.2) is 0 Å². The molecule has 1 saturated carbocycles. The number of benzene rings is 1. The van der Waals surface area contributed by atoms with Crippen LogP contribution in [0.4, 0.5) is 0 Å². The highest BCUT2D eigenvalue weighted by atomic mass is 16.2. The molecule has 136 valence electrons. The smallest absolute Gasteiger partial charge is 0.275 e. The summed E-state index contributed by atoms with van der Waals surface area (Å²) in [7, 11) is 0. The Balaban J connectivity index is 1.43. The molecule has 0 radical (unpaired) electrons. The number of piperazine rings is 1. The lowest BCUT2D eigenvalue weighted by Crippen LogP contribution is -3.16. The molecule has 2 fully saturated rings. The lowest BCUT2D eigenvalue weighted by atomic mass is 9.86. The molecule has 0 unspecified atom stereocenters. The summed E-state index contributed by atoms with van der Waals surface area (Å²) >= 11 is 0. The van der Waals surface area contributed by atoms with Crippen molar-refractivity contribution >= 4 is 11.8 Å². The number of amides is 2. The average molecular weight is 344 g/mol. The Kier molecular flexibility index (Phi) is 6.08. The normalized spacial score (nSPS) is 24.8. The topological polar surface area (TPSA) is 53.9 Å². The fraction of sp³-hybridized carbons (Fsp3) is 0.600. The van der Waals surface area contributed by atoms with Crippen molar-refractivity contribution < 1.29 is 14.5 Å². The molecule has 2 atom stereocenters. The lowest BCUT2D eigenvalue weighted by Gasteiger charge is -2.33. The Morgan fingerprint density at radius 1 is 1.12 bits per heavy atom. The van der Waals surface area contributed by atoms with Crippen molar-refractivity contribution in [3.05, 3.63) is 35.9 Å². The number of hydrogen-bond acceptors (Lipinski definition) is 2. The Bertz CT molecular complexity index is 582. The third-order valence-electron chi connectivity index (χ3n) is 5.65. The van der Waals surface area contributed by atoms with Gasteiger partial charge in [0.2, 0.25) is 0 Å². The summed E-state index contributed by atoms with van der Waals surface area (Å²) in [6.07, 6.45) is 4.85. The molecule has 1 aliphatic carbocycles. The van der Waals surface area contributed by atoms with E-state index in [0.29, 0.717) is 18.5 Å². The fourth-order valence-electron chi connectivity index (χ4n) is 3.98. The van der Waals surface area contributed by atoms with E-state index in [-0.39, 0.29) is 11.8 Å². The molecule has 2 N–H and O–H groups in total. The van der Waals surface area contributed by atoms with Gasteiger partial charge in [0, 0.05) is 11.6 Å². The molecule has 1 aromatic carbocycles. The van der Waals surface area contributed by atoms with E-state index in [1.807, 2.05) is 35.2 Å². The number of rotatable bonds is 4. The Morgan fingerprint density at radius 2 is 1.80 bits per heavy atom. The lowest BCUT2D eigenvalue weighted by molar-refractivity contribution is -0.896. The third-order valence-corrected chi connectivity index (χ3v) is 5.65. The summed E-state index contributed by atoms with van der Waals surface area (Å²) in [5.74, 6) is 0.852. The van der Waals surface area contributed by atoms with Crippen LogP contribution < -0.4 is 10.2 Å². The van der Waals surface area contributed by atoms with E-state index in [0.717, 1.165) is 38.2 Å². The molecule has 5 nitrogen and oxygen atoms in total. The van der Waals surface area contributed by atoms with E-state index in [1.54, 1.807) is 0 Å². The molecule has 2 aliphatic rings. The van der Waals surface area contributed by atoms with Gasteiger partial charge in [-0.2, -0.15) is 0 Å². The summed E-state index contributed by atoms with van der Waals surface area (Å²) < 4.78 is 0. The molecule has 25 heavy (non-hydrogen) atoms. The van der Waals surface area contributed by atoms with Crippen LogP contribution in [0.3, 0.4) is 0 Å². The summed E-state index contributed by atoms with van der Waals surface area (Å²) in [4.78, 5) is 28.0. The predicted octanol–water partition coefficient (Wildman–Crippen LogP) is 0.722. The second kappa shape index (κ2) is 8.48. The zero-order valence-corrected chi connectivity index (χ0v) is 15.2. The van der Waals surface area contributed by atoms with Gasteiger partial charge in [-0.15, -0.1) is 0 Å². The predicted molar refractivity (Wildman–Crippen MR) is 97.5 cm³/mol. The van der Waals surface area contributed by atoms with Crippen LogP contribution in [0.1, 0.15) is 43.0 Å². The molecule has 0 spiro atoms. The minimum absolute atomic E-state index is 0.0973. The summed E-state index contributed by atoms with van der Waals surface area (Å²) in [6.45, 7) is 5.88. The maximum atomic E-state index is 12.5. The van der Waals surface area contributed by atoms with E-state index < -0.39 is 0 Å². The number of nitrogens with zero attached hydrogens (tertiary/aromatic N) is 1. The highest BCUT2D eigenvalue weighted by molar-refractivity contribution is 5.94. The molecule has 0 aromatic heterocycles. The molecule has 2 amide bonds. The van der Waals surface area contributed by atoms with Crippen molar-refractivity contribution in [3.63, 3.8) is 0 Å². The van der Waals surface area contributed by atoms with Gasteiger partial charge >= 0.3 is 0 Å². The first-order valence-corrected chi connectivity index (χ1v) is 9.61. The monoisotopic (exact) mass is 344 g/mol. The van der Waals surface area contributed by atoms with E-state index >= 15 is 0 Å². The molecule has 0 bridgehead atoms. The first kappa shape index (κ1) is 17.9. The Morgan fingerprint density at radius 3 is 2.48 bits per heavy atom. The van der Waals surface area contributed by atoms with Gasteiger partial charge in [-0.1, -0.05) is 38.0 Å². The molecular weight excluding hydrogens is 314 g/mol. The average Bonchev–Trinajstić information content (AvgIpc) is 2.64. The largest absolute Gasteiger partial charge is 0.348 e. The zero-order valence-electron chi connectivity index (χ0n) is 15.2. The highest BCUT2D eigenvalue weighted by Crippen LogP contribution is 2.23. The molecule has 3 rings (SSSR count). The van der Waals surface area contributed by atoms with Crippen LogP contribution in [-0.2, 0) is 4.79 Å². The van der Waals surface area contributed by atoms with Crippen LogP contribution in [0, 0.1) is 5.92 Å². The number of hydrogen-bond donors (Lipinski definition) is 2. The number of nitrogens with one attached hydrogen (secondary N) is 2. The van der Waals surface area contributed by atoms with Gasteiger partial charge in [0.1, 0.15) is 0 Å². The fourth-order valence-corrected chi connectivity index (χ4v) is 3.98. The second-order valence-electron chi connectivity index (χ2n) is 7.52. The third kappa shape index (κ3) is 4.82. The SMILES string of the molecule is C[C@@H]1CCCC[C@@H]1NC(=O)C[NH+]1CCN(C(=O)c2ccccc2)CC1. The van der Waals surface area contributed by atoms with Gasteiger partial charge < -0.3 is 15.1 Å². The van der Waals surface area contributed by atoms with Gasteiger partial charge in [0.05, 0.1) is 26.2 Å². The van der Waals surface area contributed by atoms with Crippen LogP contribution in [0.2, 0.25) is 0 Å². The maximum Gasteiger partial charge on any atom is 0.275 e. The van der Waals surface area contributed by atoms with Crippen molar-refractivity contribution in [2.24, 2.45) is 5.92 Å². The van der Waals surface area contributed by atoms with Crippen LogP contribution in [0.5, 0.6) is 0 Å². The number of carbonyl (C=O) groups excluding carboxylic acids is 2. The van der Waals surface area contributed by atoms with E-state index in [9.17, 15) is 9.59 Å². The minimum Gasteiger partial charge on any atom is -0.348 e. The maximum absolute atomic E-state index is 12.5. The van der Waals surface area contributed by atoms with Crippen molar-refractivity contribution in [2.45, 2.75) is 38.6 Å². The number of quaternary nitrogens is 1. The van der Waals surface area contributed by atoms with Gasteiger partial charge in [0.25, 0.3) is 11.8 Å². The quantitative estimate of drug-likeness (QED) is 0.846. The van der Waals surface area contributed by atoms with Crippen molar-refractivity contribution in [3.8, 4) is 0 Å². The molecule has 1 aromatic rings. The Labute approximate surface area is 150 Å². The molecule has 1 aliphatic heterocycles. The Hall–Kier alpha value is -1.88. The first-order chi connectivity index (χ1) is 12.1. The zero-order chi connectivity index (χ0) is 17.6. The molecule has 1 heterocycles. The van der Waals surface area contributed by atoms with Crippen LogP contribution in [-0.4, -0.2) is 55.5 Å².